The van der Waals surface area contributed by atoms with Crippen molar-refractivity contribution in [3.8, 4) is 0 Å². The number of rotatable bonds is 4. The van der Waals surface area contributed by atoms with Gasteiger partial charge in [-0.05, 0) is 12.0 Å². The van der Waals surface area contributed by atoms with Crippen LogP contribution in [0, 0.1) is 11.3 Å². The molecule has 0 saturated heterocycles. The number of hydrogen-bond acceptors (Lipinski definition) is 3. The Morgan fingerprint density at radius 2 is 2.18 bits per heavy atom. The second-order valence-electron chi connectivity index (χ2n) is 2.76. The first-order valence-electron chi connectivity index (χ1n) is 3.61. The van der Waals surface area contributed by atoms with Crippen molar-refractivity contribution in [3.05, 3.63) is 11.8 Å². The molecule has 0 aliphatic heterocycles. The van der Waals surface area contributed by atoms with E-state index in [0.717, 1.165) is 0 Å². The second-order valence-corrected chi connectivity index (χ2v) is 2.76. The van der Waals surface area contributed by atoms with Gasteiger partial charge in [0.1, 0.15) is 0 Å². The summed E-state index contributed by atoms with van der Waals surface area (Å²) < 4.78 is 4.79. The third-order valence-corrected chi connectivity index (χ3v) is 1.27. The lowest BCUT2D eigenvalue weighted by atomic mass is 10.1. The molecule has 3 nitrogen and oxygen atoms in total. The van der Waals surface area contributed by atoms with E-state index in [1.807, 2.05) is 13.8 Å². The molecule has 3 heteroatoms. The first-order chi connectivity index (χ1) is 5.07. The van der Waals surface area contributed by atoms with E-state index in [2.05, 4.69) is 0 Å². The van der Waals surface area contributed by atoms with Crippen molar-refractivity contribution in [3.63, 3.8) is 0 Å². The Morgan fingerprint density at radius 3 is 2.55 bits per heavy atom. The number of methoxy groups -OCH3 is 1. The molecule has 0 unspecified atom stereocenters. The summed E-state index contributed by atoms with van der Waals surface area (Å²) in [5.41, 5.74) is 6.66. The van der Waals surface area contributed by atoms with Gasteiger partial charge >= 0.3 is 0 Å². The molecule has 0 bridgehead atoms. The van der Waals surface area contributed by atoms with Gasteiger partial charge in [0.05, 0.1) is 6.61 Å². The number of ether oxygens (including phenoxy) is 1. The third-order valence-electron chi connectivity index (χ3n) is 1.27. The van der Waals surface area contributed by atoms with E-state index in [1.54, 1.807) is 13.2 Å². The Bertz CT molecular complexity index is 161. The highest BCUT2D eigenvalue weighted by molar-refractivity contribution is 5.94. The van der Waals surface area contributed by atoms with Crippen LogP contribution in [0.5, 0.6) is 0 Å². The van der Waals surface area contributed by atoms with Crippen molar-refractivity contribution in [1.29, 1.82) is 5.41 Å². The second kappa shape index (κ2) is 4.91. The van der Waals surface area contributed by atoms with Crippen molar-refractivity contribution in [2.24, 2.45) is 11.7 Å². The SMILES string of the molecule is COC/C(N)=C/C(=N)C(C)C. The van der Waals surface area contributed by atoms with Crippen molar-refractivity contribution in [2.45, 2.75) is 13.8 Å². The predicted molar refractivity (Wildman–Crippen MR) is 46.7 cm³/mol. The summed E-state index contributed by atoms with van der Waals surface area (Å²) in [6.07, 6.45) is 1.65. The Morgan fingerprint density at radius 1 is 1.64 bits per heavy atom. The van der Waals surface area contributed by atoms with Crippen LogP contribution in [0.2, 0.25) is 0 Å². The molecule has 0 aromatic carbocycles. The van der Waals surface area contributed by atoms with Crippen molar-refractivity contribution in [1.82, 2.24) is 0 Å². The molecule has 0 aromatic heterocycles. The van der Waals surface area contributed by atoms with Crippen LogP contribution < -0.4 is 5.73 Å². The fraction of sp³-hybridized carbons (Fsp3) is 0.625. The van der Waals surface area contributed by atoms with E-state index in [9.17, 15) is 0 Å². The molecule has 0 spiro atoms. The minimum absolute atomic E-state index is 0.227. The van der Waals surface area contributed by atoms with Crippen LogP contribution in [0.3, 0.4) is 0 Å². The van der Waals surface area contributed by atoms with Gasteiger partial charge in [0.2, 0.25) is 0 Å². The molecule has 0 fully saturated rings. The number of allylic oxidation sites excluding steroid dienone is 1. The van der Waals surface area contributed by atoms with E-state index < -0.39 is 0 Å². The summed E-state index contributed by atoms with van der Waals surface area (Å²) >= 11 is 0. The average molecular weight is 156 g/mol. The summed E-state index contributed by atoms with van der Waals surface area (Å²) in [4.78, 5) is 0. The van der Waals surface area contributed by atoms with E-state index >= 15 is 0 Å². The van der Waals surface area contributed by atoms with Crippen molar-refractivity contribution in [2.75, 3.05) is 13.7 Å². The van der Waals surface area contributed by atoms with Gasteiger partial charge in [-0.2, -0.15) is 0 Å². The third kappa shape index (κ3) is 4.56. The highest BCUT2D eigenvalue weighted by Gasteiger charge is 1.99. The van der Waals surface area contributed by atoms with E-state index in [1.165, 1.54) is 0 Å². The maximum absolute atomic E-state index is 7.44. The van der Waals surface area contributed by atoms with E-state index in [-0.39, 0.29) is 5.92 Å². The van der Waals surface area contributed by atoms with E-state index in [4.69, 9.17) is 15.9 Å². The Labute approximate surface area is 67.7 Å². The molecule has 3 N–H and O–H groups in total. The molecule has 0 amide bonds. The van der Waals surface area contributed by atoms with Gasteiger partial charge < -0.3 is 15.9 Å². The van der Waals surface area contributed by atoms with Gasteiger partial charge in [0.15, 0.2) is 0 Å². The van der Waals surface area contributed by atoms with Crippen LogP contribution in [0.15, 0.2) is 11.8 Å². The maximum Gasteiger partial charge on any atom is 0.0857 e. The fourth-order valence-electron chi connectivity index (χ4n) is 0.575. The van der Waals surface area contributed by atoms with Crippen molar-refractivity contribution < 1.29 is 4.74 Å². The highest BCUT2D eigenvalue weighted by atomic mass is 16.5. The lowest BCUT2D eigenvalue weighted by Gasteiger charge is -2.03. The molecule has 11 heavy (non-hydrogen) atoms. The molecule has 0 aromatic rings. The highest BCUT2D eigenvalue weighted by Crippen LogP contribution is 1.97. The molecule has 0 heterocycles. The Kier molecular flexibility index (Phi) is 4.54. The van der Waals surface area contributed by atoms with Crippen LogP contribution >= 0.6 is 0 Å². The standard InChI is InChI=1S/C8H16N2O/c1-6(2)8(10)4-7(9)5-11-3/h4,6,10H,5,9H2,1-3H3/b7-4-,10-8?. The predicted octanol–water partition coefficient (Wildman–Crippen LogP) is 1.15. The zero-order valence-electron chi connectivity index (χ0n) is 7.35. The minimum Gasteiger partial charge on any atom is -0.400 e. The minimum atomic E-state index is 0.227. The maximum atomic E-state index is 7.44. The summed E-state index contributed by atoms with van der Waals surface area (Å²) in [6.45, 7) is 4.31. The average Bonchev–Trinajstić information content (AvgIpc) is 1.87. The molecule has 0 atom stereocenters. The summed E-state index contributed by atoms with van der Waals surface area (Å²) in [5, 5.41) is 7.44. The lowest BCUT2D eigenvalue weighted by molar-refractivity contribution is 0.225. The molecule has 0 rings (SSSR count). The zero-order valence-corrected chi connectivity index (χ0v) is 7.35. The molecule has 0 aliphatic carbocycles. The van der Waals surface area contributed by atoms with E-state index in [0.29, 0.717) is 18.0 Å². The quantitative estimate of drug-likeness (QED) is 0.600. The molecule has 0 saturated carbocycles. The molecular formula is C8H16N2O. The molecule has 0 radical (unpaired) electrons. The van der Waals surface area contributed by atoms with Gasteiger partial charge in [0.25, 0.3) is 0 Å². The van der Waals surface area contributed by atoms with Gasteiger partial charge in [-0.25, -0.2) is 0 Å². The van der Waals surface area contributed by atoms with Crippen molar-refractivity contribution >= 4 is 5.71 Å². The first kappa shape index (κ1) is 10.2. The van der Waals surface area contributed by atoms with Gasteiger partial charge in [-0.3, -0.25) is 0 Å². The normalized spacial score (nSPS) is 12.2. The summed E-state index contributed by atoms with van der Waals surface area (Å²) in [6, 6.07) is 0. The topological polar surface area (TPSA) is 59.1 Å². The van der Waals surface area contributed by atoms with Crippen LogP contribution in [0.25, 0.3) is 0 Å². The lowest BCUT2D eigenvalue weighted by Crippen LogP contribution is -2.10. The monoisotopic (exact) mass is 156 g/mol. The first-order valence-corrected chi connectivity index (χ1v) is 3.61. The summed E-state index contributed by atoms with van der Waals surface area (Å²) in [7, 11) is 1.58. The number of nitrogens with two attached hydrogens (primary N) is 1. The van der Waals surface area contributed by atoms with Crippen LogP contribution in [-0.2, 0) is 4.74 Å². The largest absolute Gasteiger partial charge is 0.400 e. The van der Waals surface area contributed by atoms with Crippen LogP contribution in [0.4, 0.5) is 0 Å². The Balaban J connectivity index is 3.97. The van der Waals surface area contributed by atoms with Crippen LogP contribution in [-0.4, -0.2) is 19.4 Å². The zero-order chi connectivity index (χ0) is 8.85. The Hall–Kier alpha value is -0.830. The van der Waals surface area contributed by atoms with Gasteiger partial charge in [0, 0.05) is 18.5 Å². The molecular weight excluding hydrogens is 140 g/mol. The van der Waals surface area contributed by atoms with Gasteiger partial charge in [-0.15, -0.1) is 0 Å². The fourth-order valence-corrected chi connectivity index (χ4v) is 0.575. The number of hydrogen-bond donors (Lipinski definition) is 2. The van der Waals surface area contributed by atoms with Gasteiger partial charge in [-0.1, -0.05) is 13.8 Å². The smallest absolute Gasteiger partial charge is 0.0857 e. The molecule has 0 aliphatic rings. The number of nitrogens with one attached hydrogen (secondary N) is 1. The van der Waals surface area contributed by atoms with Crippen LogP contribution in [0.1, 0.15) is 13.8 Å². The molecule has 64 valence electrons. The summed E-state index contributed by atoms with van der Waals surface area (Å²) in [5.74, 6) is 0.227.